The lowest BCUT2D eigenvalue weighted by Crippen LogP contribution is -1.99. The highest BCUT2D eigenvalue weighted by Gasteiger charge is 2.01. The molecule has 0 aliphatic carbocycles. The smallest absolute Gasteiger partial charge is 0.203 e. The highest BCUT2D eigenvalue weighted by atomic mass is 35.5. The van der Waals surface area contributed by atoms with Gasteiger partial charge >= 0.3 is 0 Å². The Bertz CT molecular complexity index is 440. The summed E-state index contributed by atoms with van der Waals surface area (Å²) in [6.07, 6.45) is 0. The Morgan fingerprint density at radius 2 is 1.56 bits per heavy atom. The van der Waals surface area contributed by atoms with Crippen LogP contribution in [0.2, 0.25) is 0 Å². The van der Waals surface area contributed by atoms with Gasteiger partial charge < -0.3 is 5.73 Å². The molecule has 1 aromatic carbocycles. The molecule has 84 valence electrons. The van der Waals surface area contributed by atoms with Gasteiger partial charge in [0.1, 0.15) is 0 Å². The predicted octanol–water partition coefficient (Wildman–Crippen LogP) is 1.12. The number of halogens is 1. The number of aryl methyl sites for hydroxylation is 1. The fourth-order valence-corrected chi connectivity index (χ4v) is 1.18. The Labute approximate surface area is 99.5 Å². The first-order chi connectivity index (χ1) is 7.29. The van der Waals surface area contributed by atoms with E-state index in [1.165, 1.54) is 0 Å². The maximum Gasteiger partial charge on any atom is 0.203 e. The third-order valence-electron chi connectivity index (χ3n) is 2.03. The highest BCUT2D eigenvalue weighted by Crippen LogP contribution is 2.13. The first-order valence-electron chi connectivity index (χ1n) is 4.63. The largest absolute Gasteiger partial charge is 0.326 e. The number of benzene rings is 1. The van der Waals surface area contributed by atoms with Crippen LogP contribution in [0.1, 0.15) is 11.4 Å². The van der Waals surface area contributed by atoms with E-state index < -0.39 is 0 Å². The van der Waals surface area contributed by atoms with Gasteiger partial charge in [0, 0.05) is 12.1 Å². The van der Waals surface area contributed by atoms with Gasteiger partial charge in [-0.25, -0.2) is 0 Å². The van der Waals surface area contributed by atoms with E-state index in [0.29, 0.717) is 18.2 Å². The SMILES string of the molecule is Cc1nnc(-c2ccc(CN)cc2)nn1.Cl. The molecule has 16 heavy (non-hydrogen) atoms. The van der Waals surface area contributed by atoms with Crippen molar-refractivity contribution in [3.8, 4) is 11.4 Å². The molecule has 0 fully saturated rings. The first-order valence-corrected chi connectivity index (χ1v) is 4.63. The molecule has 2 aromatic rings. The average Bonchev–Trinajstić information content (AvgIpc) is 2.30. The highest BCUT2D eigenvalue weighted by molar-refractivity contribution is 5.85. The molecule has 1 aromatic heterocycles. The van der Waals surface area contributed by atoms with Crippen molar-refractivity contribution < 1.29 is 0 Å². The van der Waals surface area contributed by atoms with Gasteiger partial charge in [0.25, 0.3) is 0 Å². The third kappa shape index (κ3) is 2.71. The Morgan fingerprint density at radius 1 is 1.00 bits per heavy atom. The molecule has 6 heteroatoms. The fraction of sp³-hybridized carbons (Fsp3) is 0.200. The van der Waals surface area contributed by atoms with Crippen molar-refractivity contribution in [3.05, 3.63) is 35.7 Å². The van der Waals surface area contributed by atoms with Gasteiger partial charge in [0.15, 0.2) is 5.82 Å². The van der Waals surface area contributed by atoms with Crippen LogP contribution >= 0.6 is 12.4 Å². The summed E-state index contributed by atoms with van der Waals surface area (Å²) in [5, 5.41) is 15.6. The summed E-state index contributed by atoms with van der Waals surface area (Å²) >= 11 is 0. The van der Waals surface area contributed by atoms with Crippen molar-refractivity contribution in [3.63, 3.8) is 0 Å². The summed E-state index contributed by atoms with van der Waals surface area (Å²) in [6.45, 7) is 2.28. The Hall–Kier alpha value is -1.59. The molecule has 1 heterocycles. The van der Waals surface area contributed by atoms with Gasteiger partial charge in [-0.1, -0.05) is 24.3 Å². The zero-order valence-corrected chi connectivity index (χ0v) is 9.61. The normalized spacial score (nSPS) is 9.62. The first kappa shape index (κ1) is 12.5. The molecule has 0 saturated carbocycles. The lowest BCUT2D eigenvalue weighted by atomic mass is 10.1. The number of nitrogens with zero attached hydrogens (tertiary/aromatic N) is 4. The number of hydrogen-bond acceptors (Lipinski definition) is 5. The van der Waals surface area contributed by atoms with Crippen molar-refractivity contribution in [1.29, 1.82) is 0 Å². The average molecular weight is 238 g/mol. The molecule has 0 spiro atoms. The van der Waals surface area contributed by atoms with Crippen LogP contribution in [-0.2, 0) is 6.54 Å². The summed E-state index contributed by atoms with van der Waals surface area (Å²) in [4.78, 5) is 0. The number of hydrogen-bond donors (Lipinski definition) is 1. The maximum atomic E-state index is 5.50. The summed E-state index contributed by atoms with van der Waals surface area (Å²) in [5.74, 6) is 1.10. The lowest BCUT2D eigenvalue weighted by Gasteiger charge is -1.99. The van der Waals surface area contributed by atoms with E-state index in [2.05, 4.69) is 20.4 Å². The van der Waals surface area contributed by atoms with Gasteiger partial charge in [0.05, 0.1) is 0 Å². The van der Waals surface area contributed by atoms with Gasteiger partial charge in [0.2, 0.25) is 5.82 Å². The van der Waals surface area contributed by atoms with Crippen molar-refractivity contribution in [2.75, 3.05) is 0 Å². The molecule has 0 saturated heterocycles. The fourth-order valence-electron chi connectivity index (χ4n) is 1.18. The molecule has 2 rings (SSSR count). The monoisotopic (exact) mass is 237 g/mol. The minimum atomic E-state index is 0. The van der Waals surface area contributed by atoms with Crippen molar-refractivity contribution in [2.24, 2.45) is 5.73 Å². The molecule has 0 aliphatic rings. The van der Waals surface area contributed by atoms with Crippen LogP contribution in [0.25, 0.3) is 11.4 Å². The maximum absolute atomic E-state index is 5.50. The predicted molar refractivity (Wildman–Crippen MR) is 62.9 cm³/mol. The van der Waals surface area contributed by atoms with E-state index in [4.69, 9.17) is 5.73 Å². The summed E-state index contributed by atoms with van der Waals surface area (Å²) < 4.78 is 0. The van der Waals surface area contributed by atoms with Crippen LogP contribution in [0.5, 0.6) is 0 Å². The Morgan fingerprint density at radius 3 is 2.06 bits per heavy atom. The lowest BCUT2D eigenvalue weighted by molar-refractivity contribution is 0.816. The van der Waals surface area contributed by atoms with E-state index in [1.807, 2.05) is 24.3 Å². The molecule has 0 atom stereocenters. The van der Waals surface area contributed by atoms with Gasteiger partial charge in [-0.2, -0.15) is 0 Å². The van der Waals surface area contributed by atoms with E-state index >= 15 is 0 Å². The molecule has 2 N–H and O–H groups in total. The van der Waals surface area contributed by atoms with Crippen LogP contribution in [0.4, 0.5) is 0 Å². The third-order valence-corrected chi connectivity index (χ3v) is 2.03. The summed E-state index contributed by atoms with van der Waals surface area (Å²) in [5.41, 5.74) is 7.47. The van der Waals surface area contributed by atoms with E-state index in [9.17, 15) is 0 Å². The van der Waals surface area contributed by atoms with E-state index in [-0.39, 0.29) is 12.4 Å². The molecule has 0 bridgehead atoms. The molecular weight excluding hydrogens is 226 g/mol. The molecule has 0 radical (unpaired) electrons. The van der Waals surface area contributed by atoms with Crippen molar-refractivity contribution in [1.82, 2.24) is 20.4 Å². The molecule has 0 amide bonds. The second kappa shape index (κ2) is 5.48. The quantitative estimate of drug-likeness (QED) is 0.847. The summed E-state index contributed by atoms with van der Waals surface area (Å²) in [7, 11) is 0. The van der Waals surface area contributed by atoms with Crippen LogP contribution in [0.3, 0.4) is 0 Å². The van der Waals surface area contributed by atoms with Crippen LogP contribution < -0.4 is 5.73 Å². The zero-order chi connectivity index (χ0) is 10.7. The molecule has 5 nitrogen and oxygen atoms in total. The van der Waals surface area contributed by atoms with Gasteiger partial charge in [-0.05, 0) is 12.5 Å². The van der Waals surface area contributed by atoms with Crippen LogP contribution in [0, 0.1) is 6.92 Å². The van der Waals surface area contributed by atoms with Crippen LogP contribution in [-0.4, -0.2) is 20.4 Å². The number of rotatable bonds is 2. The molecule has 0 unspecified atom stereocenters. The topological polar surface area (TPSA) is 77.6 Å². The van der Waals surface area contributed by atoms with Crippen LogP contribution in [0.15, 0.2) is 24.3 Å². The second-order valence-electron chi connectivity index (χ2n) is 3.17. The Kier molecular flexibility index (Phi) is 4.28. The van der Waals surface area contributed by atoms with E-state index in [1.54, 1.807) is 6.92 Å². The van der Waals surface area contributed by atoms with E-state index in [0.717, 1.165) is 11.1 Å². The Balaban J connectivity index is 0.00000128. The minimum absolute atomic E-state index is 0. The van der Waals surface area contributed by atoms with Crippen molar-refractivity contribution in [2.45, 2.75) is 13.5 Å². The number of aromatic nitrogens is 4. The van der Waals surface area contributed by atoms with Crippen molar-refractivity contribution >= 4 is 12.4 Å². The standard InChI is InChI=1S/C10H11N5.ClH/c1-7-12-14-10(15-13-7)9-4-2-8(6-11)3-5-9;/h2-5H,6,11H2,1H3;1H. The molecular formula is C10H12ClN5. The van der Waals surface area contributed by atoms with Gasteiger partial charge in [-0.15, -0.1) is 32.8 Å². The minimum Gasteiger partial charge on any atom is -0.326 e. The van der Waals surface area contributed by atoms with Gasteiger partial charge in [-0.3, -0.25) is 0 Å². The molecule has 0 aliphatic heterocycles. The second-order valence-corrected chi connectivity index (χ2v) is 3.17. The zero-order valence-electron chi connectivity index (χ0n) is 8.79. The summed E-state index contributed by atoms with van der Waals surface area (Å²) in [6, 6.07) is 7.71. The number of nitrogens with two attached hydrogens (primary N) is 1.